The molecule has 0 spiro atoms. The van der Waals surface area contributed by atoms with E-state index in [2.05, 4.69) is 9.88 Å². The number of aliphatic hydroxyl groups excluding tert-OH is 1. The predicted molar refractivity (Wildman–Crippen MR) is 83.4 cm³/mol. The lowest BCUT2D eigenvalue weighted by Gasteiger charge is -2.39. The summed E-state index contributed by atoms with van der Waals surface area (Å²) in [5.74, 6) is 0. The SMILES string of the molecule is CC(C)(C)OC(=O)N1CCN([C@H](CO)c2cccnc2)CC1. The molecule has 1 aromatic heterocycles. The Bertz CT molecular complexity index is 479. The molecule has 1 amide bonds. The fourth-order valence-corrected chi connectivity index (χ4v) is 2.55. The average Bonchev–Trinajstić information content (AvgIpc) is 2.48. The van der Waals surface area contributed by atoms with E-state index in [-0.39, 0.29) is 18.7 Å². The van der Waals surface area contributed by atoms with Crippen LogP contribution in [-0.4, -0.2) is 64.4 Å². The highest BCUT2D eigenvalue weighted by Gasteiger charge is 2.29. The van der Waals surface area contributed by atoms with E-state index >= 15 is 0 Å². The van der Waals surface area contributed by atoms with Gasteiger partial charge in [-0.2, -0.15) is 0 Å². The number of carbonyl (C=O) groups is 1. The van der Waals surface area contributed by atoms with Crippen molar-refractivity contribution >= 4 is 6.09 Å². The summed E-state index contributed by atoms with van der Waals surface area (Å²) in [7, 11) is 0. The van der Waals surface area contributed by atoms with Crippen molar-refractivity contribution in [1.29, 1.82) is 0 Å². The first-order valence-electron chi connectivity index (χ1n) is 7.63. The molecule has 0 radical (unpaired) electrons. The molecule has 1 fully saturated rings. The summed E-state index contributed by atoms with van der Waals surface area (Å²) in [6.07, 6.45) is 3.23. The molecule has 0 saturated carbocycles. The zero-order chi connectivity index (χ0) is 16.2. The van der Waals surface area contributed by atoms with Crippen LogP contribution in [0.5, 0.6) is 0 Å². The van der Waals surface area contributed by atoms with E-state index in [4.69, 9.17) is 4.74 Å². The number of nitrogens with zero attached hydrogens (tertiary/aromatic N) is 3. The smallest absolute Gasteiger partial charge is 0.410 e. The van der Waals surface area contributed by atoms with E-state index in [1.807, 2.05) is 32.9 Å². The van der Waals surface area contributed by atoms with Crippen LogP contribution in [0.2, 0.25) is 0 Å². The topological polar surface area (TPSA) is 65.9 Å². The summed E-state index contributed by atoms with van der Waals surface area (Å²) in [4.78, 5) is 20.1. The molecule has 1 aliphatic rings. The highest BCUT2D eigenvalue weighted by atomic mass is 16.6. The standard InChI is InChI=1S/C16H25N3O3/c1-16(2,3)22-15(21)19-9-7-18(8-10-19)14(12-20)13-5-4-6-17-11-13/h4-6,11,14,20H,7-10,12H2,1-3H3/t14-/m1/s1. The normalized spacial score (nSPS) is 18.1. The van der Waals surface area contributed by atoms with Crippen molar-refractivity contribution in [3.8, 4) is 0 Å². The first kappa shape index (κ1) is 16.7. The Labute approximate surface area is 131 Å². The van der Waals surface area contributed by atoms with Crippen molar-refractivity contribution in [2.75, 3.05) is 32.8 Å². The summed E-state index contributed by atoms with van der Waals surface area (Å²) in [6, 6.07) is 3.76. The second-order valence-corrected chi connectivity index (χ2v) is 6.49. The first-order valence-corrected chi connectivity index (χ1v) is 7.63. The van der Waals surface area contributed by atoms with Crippen molar-refractivity contribution < 1.29 is 14.6 Å². The van der Waals surface area contributed by atoms with Crippen LogP contribution in [0.4, 0.5) is 4.79 Å². The maximum absolute atomic E-state index is 12.1. The van der Waals surface area contributed by atoms with Crippen molar-refractivity contribution in [2.45, 2.75) is 32.4 Å². The Kier molecular flexibility index (Phi) is 5.37. The van der Waals surface area contributed by atoms with Crippen LogP contribution in [0.25, 0.3) is 0 Å². The van der Waals surface area contributed by atoms with Crippen molar-refractivity contribution in [3.63, 3.8) is 0 Å². The van der Waals surface area contributed by atoms with E-state index in [0.29, 0.717) is 26.2 Å². The third kappa shape index (κ3) is 4.42. The largest absolute Gasteiger partial charge is 0.444 e. The Morgan fingerprint density at radius 3 is 2.55 bits per heavy atom. The van der Waals surface area contributed by atoms with Gasteiger partial charge in [-0.15, -0.1) is 0 Å². The lowest BCUT2D eigenvalue weighted by molar-refractivity contribution is 0.00655. The van der Waals surface area contributed by atoms with Gasteiger partial charge in [-0.25, -0.2) is 4.79 Å². The number of aliphatic hydroxyl groups is 1. The van der Waals surface area contributed by atoms with E-state index in [1.54, 1.807) is 17.3 Å². The number of hydrogen-bond acceptors (Lipinski definition) is 5. The highest BCUT2D eigenvalue weighted by molar-refractivity contribution is 5.68. The Hall–Kier alpha value is -1.66. The number of pyridine rings is 1. The van der Waals surface area contributed by atoms with Gasteiger partial charge in [0.2, 0.25) is 0 Å². The number of hydrogen-bond donors (Lipinski definition) is 1. The molecule has 2 heterocycles. The summed E-state index contributed by atoms with van der Waals surface area (Å²) >= 11 is 0. The van der Waals surface area contributed by atoms with Gasteiger partial charge in [-0.1, -0.05) is 6.07 Å². The monoisotopic (exact) mass is 307 g/mol. The Morgan fingerprint density at radius 1 is 1.36 bits per heavy atom. The molecule has 0 aliphatic carbocycles. The molecule has 1 aromatic rings. The molecule has 1 atom stereocenters. The molecule has 1 aliphatic heterocycles. The summed E-state index contributed by atoms with van der Waals surface area (Å²) in [5.41, 5.74) is 0.521. The summed E-state index contributed by atoms with van der Waals surface area (Å²) in [6.45, 7) is 8.26. The van der Waals surface area contributed by atoms with Crippen LogP contribution in [0.15, 0.2) is 24.5 Å². The number of rotatable bonds is 3. The molecular weight excluding hydrogens is 282 g/mol. The maximum Gasteiger partial charge on any atom is 0.410 e. The zero-order valence-corrected chi connectivity index (χ0v) is 13.5. The van der Waals surface area contributed by atoms with Crippen molar-refractivity contribution in [1.82, 2.24) is 14.8 Å². The Morgan fingerprint density at radius 2 is 2.05 bits per heavy atom. The van der Waals surface area contributed by atoms with Gasteiger partial charge in [0.05, 0.1) is 12.6 Å². The van der Waals surface area contributed by atoms with Crippen LogP contribution in [-0.2, 0) is 4.74 Å². The molecule has 0 unspecified atom stereocenters. The molecular formula is C16H25N3O3. The van der Waals surface area contributed by atoms with Crippen molar-refractivity contribution in [2.24, 2.45) is 0 Å². The minimum atomic E-state index is -0.475. The summed E-state index contributed by atoms with van der Waals surface area (Å²) < 4.78 is 5.39. The van der Waals surface area contributed by atoms with Gasteiger partial charge in [0.15, 0.2) is 0 Å². The van der Waals surface area contributed by atoms with E-state index in [1.165, 1.54) is 0 Å². The predicted octanol–water partition coefficient (Wildman–Crippen LogP) is 1.67. The number of carbonyl (C=O) groups excluding carboxylic acids is 1. The number of aromatic nitrogens is 1. The van der Waals surface area contributed by atoms with Gasteiger partial charge >= 0.3 is 6.09 Å². The number of piperazine rings is 1. The minimum Gasteiger partial charge on any atom is -0.444 e. The third-order valence-electron chi connectivity index (χ3n) is 3.65. The van der Waals surface area contributed by atoms with Gasteiger partial charge < -0.3 is 14.7 Å². The molecule has 1 N–H and O–H groups in total. The second kappa shape index (κ2) is 7.07. The lowest BCUT2D eigenvalue weighted by atomic mass is 10.1. The van der Waals surface area contributed by atoms with E-state index in [0.717, 1.165) is 5.56 Å². The molecule has 22 heavy (non-hydrogen) atoms. The van der Waals surface area contributed by atoms with Crippen LogP contribution in [0.3, 0.4) is 0 Å². The fraction of sp³-hybridized carbons (Fsp3) is 0.625. The lowest BCUT2D eigenvalue weighted by Crippen LogP contribution is -2.51. The molecule has 0 aromatic carbocycles. The minimum absolute atomic E-state index is 0.0398. The average molecular weight is 307 g/mol. The summed E-state index contributed by atoms with van der Waals surface area (Å²) in [5, 5.41) is 9.68. The maximum atomic E-state index is 12.1. The van der Waals surface area contributed by atoms with Gasteiger partial charge in [-0.05, 0) is 32.4 Å². The van der Waals surface area contributed by atoms with E-state index in [9.17, 15) is 9.90 Å². The molecule has 2 rings (SSSR count). The molecule has 0 bridgehead atoms. The quantitative estimate of drug-likeness (QED) is 0.920. The second-order valence-electron chi connectivity index (χ2n) is 6.49. The van der Waals surface area contributed by atoms with Crippen molar-refractivity contribution in [3.05, 3.63) is 30.1 Å². The Balaban J connectivity index is 1.92. The van der Waals surface area contributed by atoms with E-state index < -0.39 is 5.60 Å². The highest BCUT2D eigenvalue weighted by Crippen LogP contribution is 2.21. The van der Waals surface area contributed by atoms with Gasteiger partial charge in [0, 0.05) is 38.6 Å². The number of ether oxygens (including phenoxy) is 1. The fourth-order valence-electron chi connectivity index (χ4n) is 2.55. The van der Waals surface area contributed by atoms with Crippen LogP contribution in [0, 0.1) is 0 Å². The molecule has 122 valence electrons. The van der Waals surface area contributed by atoms with Crippen LogP contribution < -0.4 is 0 Å². The number of amides is 1. The van der Waals surface area contributed by atoms with Crippen LogP contribution >= 0.6 is 0 Å². The third-order valence-corrected chi connectivity index (χ3v) is 3.65. The first-order chi connectivity index (χ1) is 10.4. The zero-order valence-electron chi connectivity index (χ0n) is 13.5. The molecule has 6 heteroatoms. The van der Waals surface area contributed by atoms with Gasteiger partial charge in [0.1, 0.15) is 5.60 Å². The van der Waals surface area contributed by atoms with Crippen LogP contribution in [0.1, 0.15) is 32.4 Å². The van der Waals surface area contributed by atoms with Gasteiger partial charge in [-0.3, -0.25) is 9.88 Å². The molecule has 1 saturated heterocycles. The van der Waals surface area contributed by atoms with Gasteiger partial charge in [0.25, 0.3) is 0 Å². The molecule has 6 nitrogen and oxygen atoms in total.